The zero-order valence-electron chi connectivity index (χ0n) is 8.95. The van der Waals surface area contributed by atoms with Gasteiger partial charge in [-0.1, -0.05) is 11.3 Å². The van der Waals surface area contributed by atoms with Crippen LogP contribution in [0.25, 0.3) is 0 Å². The first-order valence-corrected chi connectivity index (χ1v) is 6.79. The first kappa shape index (κ1) is 11.1. The Bertz CT molecular complexity index is 315. The Morgan fingerprint density at radius 1 is 1.53 bits per heavy atom. The lowest BCUT2D eigenvalue weighted by Crippen LogP contribution is -2.29. The van der Waals surface area contributed by atoms with E-state index in [1.807, 2.05) is 6.92 Å². The van der Waals surface area contributed by atoms with Gasteiger partial charge in [0.05, 0.1) is 0 Å². The molecule has 2 rings (SSSR count). The minimum absolute atomic E-state index is 0.635. The van der Waals surface area contributed by atoms with Crippen LogP contribution in [-0.4, -0.2) is 28.7 Å². The van der Waals surface area contributed by atoms with Gasteiger partial charge in [0.25, 0.3) is 0 Å². The van der Waals surface area contributed by atoms with Crippen molar-refractivity contribution in [2.24, 2.45) is 0 Å². The molecule has 1 atom stereocenters. The van der Waals surface area contributed by atoms with Crippen molar-refractivity contribution >= 4 is 28.1 Å². The number of anilines is 1. The summed E-state index contributed by atoms with van der Waals surface area (Å²) in [6.45, 7) is 3.13. The van der Waals surface area contributed by atoms with Crippen molar-refractivity contribution in [3.05, 3.63) is 5.01 Å². The van der Waals surface area contributed by atoms with Crippen LogP contribution in [0.2, 0.25) is 0 Å². The normalized spacial score (nSPS) is 21.2. The summed E-state index contributed by atoms with van der Waals surface area (Å²) in [5.41, 5.74) is 0. The maximum atomic E-state index is 5.73. The molecule has 0 aliphatic carbocycles. The van der Waals surface area contributed by atoms with Crippen molar-refractivity contribution in [3.63, 3.8) is 0 Å². The van der Waals surface area contributed by atoms with Crippen LogP contribution in [0.15, 0.2) is 0 Å². The second-order valence-electron chi connectivity index (χ2n) is 3.92. The fourth-order valence-electron chi connectivity index (χ4n) is 2.10. The Morgan fingerprint density at radius 2 is 2.40 bits per heavy atom. The summed E-state index contributed by atoms with van der Waals surface area (Å²) in [5.74, 6) is 0.763. The molecular formula is C10H16ClN3S. The van der Waals surface area contributed by atoms with Gasteiger partial charge in [-0.25, -0.2) is 0 Å². The largest absolute Gasteiger partial charge is 0.344 e. The van der Waals surface area contributed by atoms with Crippen LogP contribution in [0.4, 0.5) is 5.13 Å². The van der Waals surface area contributed by atoms with E-state index in [9.17, 15) is 0 Å². The van der Waals surface area contributed by atoms with E-state index < -0.39 is 0 Å². The topological polar surface area (TPSA) is 29.0 Å². The van der Waals surface area contributed by atoms with Crippen molar-refractivity contribution in [1.82, 2.24) is 10.2 Å². The van der Waals surface area contributed by atoms with E-state index in [0.29, 0.717) is 6.04 Å². The Kier molecular flexibility index (Phi) is 3.81. The number of nitrogens with zero attached hydrogens (tertiary/aromatic N) is 3. The maximum Gasteiger partial charge on any atom is 0.208 e. The average molecular weight is 246 g/mol. The summed E-state index contributed by atoms with van der Waals surface area (Å²) in [6, 6.07) is 0.635. The lowest BCUT2D eigenvalue weighted by molar-refractivity contribution is 0.600. The van der Waals surface area contributed by atoms with Gasteiger partial charge in [0.15, 0.2) is 0 Å². The Morgan fingerprint density at radius 3 is 3.07 bits per heavy atom. The summed E-state index contributed by atoms with van der Waals surface area (Å²) in [7, 11) is 0. The molecule has 2 heterocycles. The first-order valence-electron chi connectivity index (χ1n) is 5.44. The highest BCUT2D eigenvalue weighted by atomic mass is 35.5. The molecule has 1 aromatic rings. The second kappa shape index (κ2) is 5.12. The van der Waals surface area contributed by atoms with Crippen LogP contribution < -0.4 is 4.90 Å². The van der Waals surface area contributed by atoms with E-state index in [1.165, 1.54) is 19.3 Å². The lowest BCUT2D eigenvalue weighted by atomic mass is 10.1. The predicted molar refractivity (Wildman–Crippen MR) is 65.0 cm³/mol. The van der Waals surface area contributed by atoms with E-state index >= 15 is 0 Å². The molecule has 0 bridgehead atoms. The SMILES string of the molecule is Cc1nnc(N2CCCC2CCCCl)s1. The van der Waals surface area contributed by atoms with Gasteiger partial charge in [-0.2, -0.15) is 0 Å². The molecule has 5 heteroatoms. The smallest absolute Gasteiger partial charge is 0.208 e. The minimum Gasteiger partial charge on any atom is -0.344 e. The number of aromatic nitrogens is 2. The molecule has 0 saturated carbocycles. The molecule has 1 saturated heterocycles. The van der Waals surface area contributed by atoms with E-state index in [-0.39, 0.29) is 0 Å². The second-order valence-corrected chi connectivity index (χ2v) is 5.46. The third-order valence-corrected chi connectivity index (χ3v) is 3.95. The summed E-state index contributed by atoms with van der Waals surface area (Å²) in [4.78, 5) is 2.40. The molecule has 0 amide bonds. The van der Waals surface area contributed by atoms with Gasteiger partial charge in [-0.15, -0.1) is 21.8 Å². The van der Waals surface area contributed by atoms with Crippen LogP contribution in [0.5, 0.6) is 0 Å². The van der Waals surface area contributed by atoms with Gasteiger partial charge in [0.1, 0.15) is 5.01 Å². The Hall–Kier alpha value is -0.350. The van der Waals surface area contributed by atoms with Gasteiger partial charge >= 0.3 is 0 Å². The lowest BCUT2D eigenvalue weighted by Gasteiger charge is -2.22. The molecule has 0 spiro atoms. The molecule has 15 heavy (non-hydrogen) atoms. The molecule has 1 aromatic heterocycles. The van der Waals surface area contributed by atoms with Crippen LogP contribution in [-0.2, 0) is 0 Å². The third kappa shape index (κ3) is 2.61. The highest BCUT2D eigenvalue weighted by Gasteiger charge is 2.26. The van der Waals surface area contributed by atoms with E-state index in [0.717, 1.165) is 29.0 Å². The number of hydrogen-bond donors (Lipinski definition) is 0. The number of alkyl halides is 1. The predicted octanol–water partition coefficient (Wildman–Crippen LogP) is 2.83. The van der Waals surface area contributed by atoms with Crippen LogP contribution in [0.3, 0.4) is 0 Å². The molecule has 1 aliphatic heterocycles. The zero-order valence-corrected chi connectivity index (χ0v) is 10.5. The van der Waals surface area contributed by atoms with Gasteiger partial charge < -0.3 is 4.90 Å². The number of aryl methyl sites for hydroxylation is 1. The van der Waals surface area contributed by atoms with Crippen molar-refractivity contribution in [1.29, 1.82) is 0 Å². The monoisotopic (exact) mass is 245 g/mol. The first-order chi connectivity index (χ1) is 7.31. The van der Waals surface area contributed by atoms with Crippen LogP contribution in [0, 0.1) is 6.92 Å². The molecule has 0 N–H and O–H groups in total. The molecule has 0 radical (unpaired) electrons. The molecule has 1 unspecified atom stereocenters. The Labute approximate surface area is 99.5 Å². The highest BCUT2D eigenvalue weighted by molar-refractivity contribution is 7.15. The number of hydrogen-bond acceptors (Lipinski definition) is 4. The summed E-state index contributed by atoms with van der Waals surface area (Å²) < 4.78 is 0. The fourth-order valence-corrected chi connectivity index (χ4v) is 3.04. The van der Waals surface area contributed by atoms with Gasteiger partial charge in [-0.3, -0.25) is 0 Å². The summed E-state index contributed by atoms with van der Waals surface area (Å²) in [6.07, 6.45) is 4.82. The quantitative estimate of drug-likeness (QED) is 0.764. The van der Waals surface area contributed by atoms with Crippen molar-refractivity contribution in [2.75, 3.05) is 17.3 Å². The zero-order chi connectivity index (χ0) is 10.7. The fraction of sp³-hybridized carbons (Fsp3) is 0.800. The van der Waals surface area contributed by atoms with Gasteiger partial charge in [0.2, 0.25) is 5.13 Å². The third-order valence-electron chi connectivity index (χ3n) is 2.81. The van der Waals surface area contributed by atoms with Gasteiger partial charge in [0, 0.05) is 18.5 Å². The maximum absolute atomic E-state index is 5.73. The molecular weight excluding hydrogens is 230 g/mol. The number of rotatable bonds is 4. The van der Waals surface area contributed by atoms with Crippen LogP contribution in [0.1, 0.15) is 30.7 Å². The molecule has 84 valence electrons. The van der Waals surface area contributed by atoms with Gasteiger partial charge in [-0.05, 0) is 32.6 Å². The standard InChI is InChI=1S/C10H16ClN3S/c1-8-12-13-10(15-8)14-7-3-5-9(14)4-2-6-11/h9H,2-7H2,1H3. The molecule has 0 aromatic carbocycles. The van der Waals surface area contributed by atoms with Crippen molar-refractivity contribution in [2.45, 2.75) is 38.6 Å². The number of halogens is 1. The minimum atomic E-state index is 0.635. The van der Waals surface area contributed by atoms with E-state index in [4.69, 9.17) is 11.6 Å². The molecule has 1 fully saturated rings. The van der Waals surface area contributed by atoms with E-state index in [1.54, 1.807) is 11.3 Å². The molecule has 3 nitrogen and oxygen atoms in total. The molecule has 1 aliphatic rings. The summed E-state index contributed by atoms with van der Waals surface area (Å²) >= 11 is 7.43. The Balaban J connectivity index is 2.01. The highest BCUT2D eigenvalue weighted by Crippen LogP contribution is 2.30. The summed E-state index contributed by atoms with van der Waals surface area (Å²) in [5, 5.41) is 10.4. The van der Waals surface area contributed by atoms with Crippen molar-refractivity contribution < 1.29 is 0 Å². The van der Waals surface area contributed by atoms with Crippen molar-refractivity contribution in [3.8, 4) is 0 Å². The van der Waals surface area contributed by atoms with Crippen LogP contribution >= 0.6 is 22.9 Å². The average Bonchev–Trinajstić information content (AvgIpc) is 2.82. The van der Waals surface area contributed by atoms with E-state index in [2.05, 4.69) is 15.1 Å².